The highest BCUT2D eigenvalue weighted by Gasteiger charge is 2.35. The van der Waals surface area contributed by atoms with Gasteiger partial charge in [-0.05, 0) is 50.6 Å². The first-order chi connectivity index (χ1) is 14.1. The molecule has 0 amide bonds. The van der Waals surface area contributed by atoms with Crippen LogP contribution in [0.1, 0.15) is 27.2 Å². The number of halogens is 3. The maximum atomic E-state index is 14.7. The minimum absolute atomic E-state index is 0.104. The molecule has 1 rings (SSSR count). The topological polar surface area (TPSA) is 96.9 Å². The van der Waals surface area contributed by atoms with Gasteiger partial charge in [0.25, 0.3) is 0 Å². The Morgan fingerprint density at radius 3 is 2.30 bits per heavy atom. The number of sulfonamides is 1. The van der Waals surface area contributed by atoms with Crippen LogP contribution in [0, 0.1) is 0 Å². The zero-order valence-corrected chi connectivity index (χ0v) is 18.0. The van der Waals surface area contributed by atoms with E-state index < -0.39 is 34.7 Å². The van der Waals surface area contributed by atoms with Crippen LogP contribution in [0.15, 0.2) is 62.7 Å². The Morgan fingerprint density at radius 2 is 1.80 bits per heavy atom. The SMILES string of the molecule is CCN=C/C(C)=C\CC(C)=N/C(=C\Nc1ccc(S(N)(=O)=O)cc1)C(F)(CF)CF. The minimum Gasteiger partial charge on any atom is -0.360 e. The van der Waals surface area contributed by atoms with Crippen LogP contribution in [0.25, 0.3) is 0 Å². The number of rotatable bonds is 11. The minimum atomic E-state index is -3.86. The second kappa shape index (κ2) is 11.7. The molecule has 3 N–H and O–H groups in total. The molecule has 0 aliphatic rings. The van der Waals surface area contributed by atoms with Crippen molar-refractivity contribution >= 4 is 27.6 Å². The molecule has 0 saturated carbocycles. The summed E-state index contributed by atoms with van der Waals surface area (Å²) >= 11 is 0. The molecule has 0 aliphatic heterocycles. The first-order valence-electron chi connectivity index (χ1n) is 9.17. The lowest BCUT2D eigenvalue weighted by molar-refractivity contribution is 0.122. The fraction of sp³-hybridized carbons (Fsp3) is 0.400. The quantitative estimate of drug-likeness (QED) is 0.503. The molecule has 30 heavy (non-hydrogen) atoms. The van der Waals surface area contributed by atoms with Crippen molar-refractivity contribution in [3.8, 4) is 0 Å². The summed E-state index contributed by atoms with van der Waals surface area (Å²) in [6.07, 6.45) is 4.92. The van der Waals surface area contributed by atoms with E-state index in [1.54, 1.807) is 13.1 Å². The monoisotopic (exact) mass is 444 g/mol. The van der Waals surface area contributed by atoms with Gasteiger partial charge >= 0.3 is 0 Å². The van der Waals surface area contributed by atoms with Crippen LogP contribution >= 0.6 is 0 Å². The molecule has 0 fully saturated rings. The maximum Gasteiger partial charge on any atom is 0.238 e. The molecule has 0 heterocycles. The molecule has 0 radical (unpaired) electrons. The van der Waals surface area contributed by atoms with E-state index in [-0.39, 0.29) is 4.90 Å². The highest BCUT2D eigenvalue weighted by Crippen LogP contribution is 2.26. The van der Waals surface area contributed by atoms with Crippen LogP contribution in [0.5, 0.6) is 0 Å². The van der Waals surface area contributed by atoms with Crippen molar-refractivity contribution in [3.05, 3.63) is 47.8 Å². The molecule has 10 heteroatoms. The van der Waals surface area contributed by atoms with E-state index in [2.05, 4.69) is 15.3 Å². The summed E-state index contributed by atoms with van der Waals surface area (Å²) in [6, 6.07) is 5.26. The van der Waals surface area contributed by atoms with E-state index in [0.29, 0.717) is 24.4 Å². The third kappa shape index (κ3) is 8.11. The Labute approximate surface area is 175 Å². The first kappa shape index (κ1) is 25.6. The van der Waals surface area contributed by atoms with Crippen LogP contribution in [0.4, 0.5) is 18.9 Å². The second-order valence-corrected chi connectivity index (χ2v) is 8.16. The summed E-state index contributed by atoms with van der Waals surface area (Å²) in [5.41, 5.74) is -1.67. The smallest absolute Gasteiger partial charge is 0.238 e. The second-order valence-electron chi connectivity index (χ2n) is 6.60. The summed E-state index contributed by atoms with van der Waals surface area (Å²) in [4.78, 5) is 8.07. The fourth-order valence-corrected chi connectivity index (χ4v) is 2.69. The van der Waals surface area contributed by atoms with Crippen LogP contribution < -0.4 is 10.5 Å². The molecule has 166 valence electrons. The summed E-state index contributed by atoms with van der Waals surface area (Å²) in [5, 5.41) is 7.71. The predicted molar refractivity (Wildman–Crippen MR) is 116 cm³/mol. The maximum absolute atomic E-state index is 14.7. The number of nitrogens with zero attached hydrogens (tertiary/aromatic N) is 2. The van der Waals surface area contributed by atoms with Gasteiger partial charge in [-0.1, -0.05) is 6.08 Å². The normalized spacial score (nSPS) is 14.4. The number of primary sulfonamides is 1. The molecule has 0 aliphatic carbocycles. The van der Waals surface area contributed by atoms with Crippen LogP contribution in [-0.4, -0.2) is 45.9 Å². The highest BCUT2D eigenvalue weighted by molar-refractivity contribution is 7.89. The Balaban J connectivity index is 3.13. The van der Waals surface area contributed by atoms with Gasteiger partial charge in [-0.25, -0.2) is 26.7 Å². The van der Waals surface area contributed by atoms with Crippen molar-refractivity contribution in [1.82, 2.24) is 0 Å². The van der Waals surface area contributed by atoms with E-state index in [1.807, 2.05) is 19.9 Å². The largest absolute Gasteiger partial charge is 0.360 e. The molecule has 0 spiro atoms. The van der Waals surface area contributed by atoms with Gasteiger partial charge in [0, 0.05) is 36.8 Å². The van der Waals surface area contributed by atoms with E-state index in [4.69, 9.17) is 5.14 Å². The molecule has 1 aromatic rings. The van der Waals surface area contributed by atoms with Gasteiger partial charge in [-0.2, -0.15) is 0 Å². The Bertz CT molecular complexity index is 920. The van der Waals surface area contributed by atoms with E-state index in [0.717, 1.165) is 11.8 Å². The standard InChI is InChI=1S/C20H27F3N4O2S/c1-4-25-11-15(2)5-6-16(3)27-19(20(23,13-21)14-22)12-26-17-7-9-18(10-8-17)30(24,28)29/h5,7-12,26H,4,6,13-14H2,1-3H3,(H2,24,28,29)/b15-5-,19-12-,25-11?,27-16?. The molecule has 1 aromatic carbocycles. The number of benzene rings is 1. The van der Waals surface area contributed by atoms with Gasteiger partial charge < -0.3 is 5.32 Å². The van der Waals surface area contributed by atoms with E-state index >= 15 is 0 Å². The van der Waals surface area contributed by atoms with Gasteiger partial charge in [0.05, 0.1) is 10.6 Å². The summed E-state index contributed by atoms with van der Waals surface area (Å²) < 4.78 is 63.7. The van der Waals surface area contributed by atoms with E-state index in [1.165, 1.54) is 24.3 Å². The molecule has 6 nitrogen and oxygen atoms in total. The lowest BCUT2D eigenvalue weighted by atomic mass is 10.1. The average molecular weight is 445 g/mol. The number of aliphatic imine (C=N–C) groups is 2. The molecule has 0 unspecified atom stereocenters. The van der Waals surface area contributed by atoms with Crippen molar-refractivity contribution in [2.75, 3.05) is 25.2 Å². The summed E-state index contributed by atoms with van der Waals surface area (Å²) in [5.74, 6) is 0. The van der Waals surface area contributed by atoms with Gasteiger partial charge in [-0.3, -0.25) is 9.98 Å². The van der Waals surface area contributed by atoms with Crippen molar-refractivity contribution in [2.24, 2.45) is 15.1 Å². The van der Waals surface area contributed by atoms with Gasteiger partial charge in [0.1, 0.15) is 13.3 Å². The number of nitrogens with one attached hydrogen (secondary N) is 1. The Morgan fingerprint density at radius 1 is 1.20 bits per heavy atom. The zero-order valence-electron chi connectivity index (χ0n) is 17.2. The van der Waals surface area contributed by atoms with Crippen molar-refractivity contribution in [3.63, 3.8) is 0 Å². The molecular weight excluding hydrogens is 417 g/mol. The molecular formula is C20H27F3N4O2S. The summed E-state index contributed by atoms with van der Waals surface area (Å²) in [6.45, 7) is 2.83. The molecule has 0 atom stereocenters. The number of nitrogens with two attached hydrogens (primary N) is 1. The number of hydrogen-bond acceptors (Lipinski definition) is 5. The predicted octanol–water partition coefficient (Wildman–Crippen LogP) is 4.12. The third-order valence-corrected chi connectivity index (χ3v) is 4.88. The number of alkyl halides is 3. The molecule has 0 aromatic heterocycles. The van der Waals surface area contributed by atoms with Crippen molar-refractivity contribution in [2.45, 2.75) is 37.8 Å². The van der Waals surface area contributed by atoms with Gasteiger partial charge in [0.15, 0.2) is 0 Å². The first-order valence-corrected chi connectivity index (χ1v) is 10.7. The average Bonchev–Trinajstić information content (AvgIpc) is 2.72. The van der Waals surface area contributed by atoms with Gasteiger partial charge in [0.2, 0.25) is 15.7 Å². The Kier molecular flexibility index (Phi) is 9.94. The van der Waals surface area contributed by atoms with E-state index in [9.17, 15) is 21.6 Å². The number of anilines is 1. The number of hydrogen-bond donors (Lipinski definition) is 2. The molecule has 0 saturated heterocycles. The third-order valence-electron chi connectivity index (χ3n) is 3.95. The van der Waals surface area contributed by atoms with Crippen LogP contribution in [-0.2, 0) is 10.0 Å². The zero-order chi connectivity index (χ0) is 22.8. The van der Waals surface area contributed by atoms with Crippen LogP contribution in [0.2, 0.25) is 0 Å². The number of allylic oxidation sites excluding steroid dienone is 3. The summed E-state index contributed by atoms with van der Waals surface area (Å²) in [7, 11) is -3.86. The van der Waals surface area contributed by atoms with Crippen molar-refractivity contribution in [1.29, 1.82) is 0 Å². The Hall–Kier alpha value is -2.46. The van der Waals surface area contributed by atoms with Gasteiger partial charge in [-0.15, -0.1) is 0 Å². The lowest BCUT2D eigenvalue weighted by Gasteiger charge is -2.20. The highest BCUT2D eigenvalue weighted by atomic mass is 32.2. The van der Waals surface area contributed by atoms with Crippen molar-refractivity contribution < 1.29 is 21.6 Å². The fourth-order valence-electron chi connectivity index (χ4n) is 2.17. The van der Waals surface area contributed by atoms with Crippen LogP contribution in [0.3, 0.4) is 0 Å². The lowest BCUT2D eigenvalue weighted by Crippen LogP contribution is -2.31. The molecule has 0 bridgehead atoms.